The summed E-state index contributed by atoms with van der Waals surface area (Å²) in [5.41, 5.74) is 1.16. The van der Waals surface area contributed by atoms with E-state index in [1.54, 1.807) is 48.5 Å². The maximum absolute atomic E-state index is 11.8. The van der Waals surface area contributed by atoms with E-state index in [2.05, 4.69) is 0 Å². The molecular weight excluding hydrogens is 300 g/mol. The van der Waals surface area contributed by atoms with Crippen molar-refractivity contribution in [3.8, 4) is 0 Å². The average molecular weight is 314 g/mol. The summed E-state index contributed by atoms with van der Waals surface area (Å²) in [5, 5.41) is 0. The molecule has 0 aliphatic rings. The number of carbonyl (C=O) groups is 2. The summed E-state index contributed by atoms with van der Waals surface area (Å²) >= 11 is 0. The zero-order valence-corrected chi connectivity index (χ0v) is 9.30. The Balaban J connectivity index is 0.00000162. The van der Waals surface area contributed by atoms with Crippen LogP contribution in [0.3, 0.4) is 0 Å². The maximum atomic E-state index is 11.8. The van der Waals surface area contributed by atoms with Crippen molar-refractivity contribution in [1.29, 1.82) is 0 Å². The molecule has 0 N–H and O–H groups in total. The first-order valence-corrected chi connectivity index (χ1v) is 5.44. The van der Waals surface area contributed by atoms with Gasteiger partial charge in [0.1, 0.15) is 0 Å². The molecule has 18 heavy (non-hydrogen) atoms. The predicted molar refractivity (Wildman–Crippen MR) is 74.7 cm³/mol. The summed E-state index contributed by atoms with van der Waals surface area (Å²) in [6.45, 7) is 0. The molecule has 0 aliphatic heterocycles. The summed E-state index contributed by atoms with van der Waals surface area (Å²) in [5.74, 6) is -0.279. The molecule has 0 radical (unpaired) electrons. The van der Waals surface area contributed by atoms with E-state index in [9.17, 15) is 9.59 Å². The number of Topliss-reactive ketones (excluding diaryl/α,β-unsaturated/α-hetero) is 2. The first kappa shape index (κ1) is 15.3. The Hall–Kier alpha value is -0.739. The molecule has 0 bridgehead atoms. The molecule has 0 aromatic heterocycles. The van der Waals surface area contributed by atoms with Crippen LogP contribution in [0.25, 0.3) is 0 Å². The molecule has 3 heteroatoms. The molecule has 88 valence electrons. The number of hydrogen-bond donors (Lipinski definition) is 0. The van der Waals surface area contributed by atoms with Crippen molar-refractivity contribution in [2.45, 2.75) is 6.42 Å². The van der Waals surface area contributed by atoms with Crippen molar-refractivity contribution in [3.63, 3.8) is 0 Å². The van der Waals surface area contributed by atoms with Crippen LogP contribution < -0.4 is 0 Å². The van der Waals surface area contributed by atoms with Crippen LogP contribution in [0, 0.1) is 0 Å². The van der Waals surface area contributed by atoms with Gasteiger partial charge >= 0.3 is 45.5 Å². The summed E-state index contributed by atoms with van der Waals surface area (Å²) in [7, 11) is 0. The molecule has 0 spiro atoms. The molecule has 0 heterocycles. The van der Waals surface area contributed by atoms with Crippen molar-refractivity contribution >= 4 is 57.0 Å². The monoisotopic (exact) mass is 314 g/mol. The molecule has 0 saturated carbocycles. The van der Waals surface area contributed by atoms with Crippen LogP contribution in [0.5, 0.6) is 0 Å². The number of ketones is 2. The van der Waals surface area contributed by atoms with E-state index in [1.165, 1.54) is 0 Å². The summed E-state index contributed by atoms with van der Waals surface area (Å²) in [6, 6.07) is 17.7. The van der Waals surface area contributed by atoms with E-state index in [0.717, 1.165) is 0 Å². The Morgan fingerprint density at radius 2 is 1.00 bits per heavy atom. The Morgan fingerprint density at radius 3 is 1.33 bits per heavy atom. The van der Waals surface area contributed by atoms with Gasteiger partial charge in [0.05, 0.1) is 6.42 Å². The molecule has 0 aliphatic carbocycles. The Morgan fingerprint density at radius 1 is 0.667 bits per heavy atom. The fraction of sp³-hybridized carbons (Fsp3) is 0.0667. The summed E-state index contributed by atoms with van der Waals surface area (Å²) in [4.78, 5) is 23.6. The van der Waals surface area contributed by atoms with Crippen molar-refractivity contribution in [1.82, 2.24) is 0 Å². The Kier molecular flexibility index (Phi) is 6.50. The predicted octanol–water partition coefficient (Wildman–Crippen LogP) is 2.23. The van der Waals surface area contributed by atoms with Gasteiger partial charge < -0.3 is 0 Å². The van der Waals surface area contributed by atoms with Crippen LogP contribution in [-0.2, 0) is 0 Å². The molecular formula is C15H14O2Sr. The molecule has 2 nitrogen and oxygen atoms in total. The van der Waals surface area contributed by atoms with Gasteiger partial charge in [-0.2, -0.15) is 0 Å². The average Bonchev–Trinajstić information content (AvgIpc) is 2.40. The normalized spacial score (nSPS) is 9.33. The van der Waals surface area contributed by atoms with Gasteiger partial charge in [0, 0.05) is 11.1 Å². The van der Waals surface area contributed by atoms with Gasteiger partial charge in [-0.05, 0) is 0 Å². The van der Waals surface area contributed by atoms with E-state index >= 15 is 0 Å². The van der Waals surface area contributed by atoms with Gasteiger partial charge in [-0.25, -0.2) is 0 Å². The van der Waals surface area contributed by atoms with E-state index in [-0.39, 0.29) is 63.5 Å². The van der Waals surface area contributed by atoms with Gasteiger partial charge in [-0.3, -0.25) is 9.59 Å². The van der Waals surface area contributed by atoms with Crippen LogP contribution in [0.15, 0.2) is 60.7 Å². The number of benzene rings is 2. The van der Waals surface area contributed by atoms with E-state index < -0.39 is 0 Å². The molecule has 2 aromatic carbocycles. The molecule has 2 aromatic rings. The molecule has 0 saturated heterocycles. The topological polar surface area (TPSA) is 34.1 Å². The van der Waals surface area contributed by atoms with Gasteiger partial charge in [0.2, 0.25) is 0 Å². The number of rotatable bonds is 4. The van der Waals surface area contributed by atoms with Crippen LogP contribution in [-0.4, -0.2) is 57.0 Å². The SMILES string of the molecule is O=C(CC(=O)c1ccccc1)c1ccccc1.[SrH2]. The van der Waals surface area contributed by atoms with Crippen LogP contribution in [0.1, 0.15) is 27.1 Å². The van der Waals surface area contributed by atoms with Crippen LogP contribution >= 0.6 is 0 Å². The van der Waals surface area contributed by atoms with Crippen molar-refractivity contribution in [2.75, 3.05) is 0 Å². The molecule has 2 rings (SSSR count). The third kappa shape index (κ3) is 4.18. The fourth-order valence-corrected chi connectivity index (χ4v) is 1.60. The van der Waals surface area contributed by atoms with Gasteiger partial charge in [0.15, 0.2) is 11.6 Å². The van der Waals surface area contributed by atoms with Crippen LogP contribution in [0.4, 0.5) is 0 Å². The van der Waals surface area contributed by atoms with Crippen molar-refractivity contribution in [3.05, 3.63) is 71.8 Å². The second kappa shape index (κ2) is 7.64. The van der Waals surface area contributed by atoms with Crippen molar-refractivity contribution in [2.24, 2.45) is 0 Å². The minimum absolute atomic E-state index is 0. The fourth-order valence-electron chi connectivity index (χ4n) is 1.60. The third-order valence-electron chi connectivity index (χ3n) is 2.51. The van der Waals surface area contributed by atoms with E-state index in [4.69, 9.17) is 0 Å². The van der Waals surface area contributed by atoms with Gasteiger partial charge in [0.25, 0.3) is 0 Å². The van der Waals surface area contributed by atoms with Crippen LogP contribution in [0.2, 0.25) is 0 Å². The van der Waals surface area contributed by atoms with Gasteiger partial charge in [-0.15, -0.1) is 0 Å². The third-order valence-corrected chi connectivity index (χ3v) is 2.51. The summed E-state index contributed by atoms with van der Waals surface area (Å²) in [6.07, 6.45) is -0.0754. The zero-order chi connectivity index (χ0) is 12.1. The second-order valence-electron chi connectivity index (χ2n) is 3.76. The van der Waals surface area contributed by atoms with Crippen molar-refractivity contribution < 1.29 is 9.59 Å². The molecule has 0 unspecified atom stereocenters. The van der Waals surface area contributed by atoms with E-state index in [0.29, 0.717) is 11.1 Å². The summed E-state index contributed by atoms with van der Waals surface area (Å²) < 4.78 is 0. The second-order valence-corrected chi connectivity index (χ2v) is 3.76. The number of hydrogen-bond acceptors (Lipinski definition) is 2. The van der Waals surface area contributed by atoms with Gasteiger partial charge in [-0.1, -0.05) is 60.7 Å². The first-order valence-electron chi connectivity index (χ1n) is 5.44. The van der Waals surface area contributed by atoms with E-state index in [1.807, 2.05) is 12.1 Å². The molecule has 0 atom stereocenters. The number of carbonyl (C=O) groups excluding carboxylic acids is 2. The first-order chi connectivity index (χ1) is 8.27. The zero-order valence-electron chi connectivity index (χ0n) is 9.30. The standard InChI is InChI=1S/C15H12O2.Sr.2H/c16-14(12-7-3-1-4-8-12)11-15(17)13-9-5-2-6-10-13;;;/h1-10H,11H2;;;. The molecule has 0 amide bonds. The molecule has 0 fully saturated rings. The Bertz CT molecular complexity index is 471. The Labute approximate surface area is 143 Å². The minimum atomic E-state index is -0.139. The quantitative estimate of drug-likeness (QED) is 0.493.